The molecule has 1 atom stereocenters. The molecule has 3 N–H and O–H groups in total. The second-order valence-corrected chi connectivity index (χ2v) is 3.76. The van der Waals surface area contributed by atoms with Gasteiger partial charge in [-0.15, -0.1) is 0 Å². The van der Waals surface area contributed by atoms with Gasteiger partial charge in [-0.25, -0.2) is 9.59 Å². The number of carboxylic acid groups (broad SMARTS) is 1. The summed E-state index contributed by atoms with van der Waals surface area (Å²) in [4.78, 5) is 22.2. The number of carboxylic acids is 1. The normalized spacial score (nSPS) is 11.6. The molecule has 5 heteroatoms. The Bertz CT molecular complexity index is 401. The van der Waals surface area contributed by atoms with Crippen molar-refractivity contribution in [2.45, 2.75) is 26.3 Å². The van der Waals surface area contributed by atoms with Gasteiger partial charge in [0.2, 0.25) is 0 Å². The standard InChI is InChI=1S/C12H16N2O3/c1-3-10(11(15)16)14-12(17)13-9-6-4-8(2)5-7-9/h4-7,10H,3H2,1-2H3,(H,15,16)(H2,13,14,17)/t10-/m0/s1. The highest BCUT2D eigenvalue weighted by Crippen LogP contribution is 2.08. The summed E-state index contributed by atoms with van der Waals surface area (Å²) < 4.78 is 0. The van der Waals surface area contributed by atoms with Crippen molar-refractivity contribution in [3.63, 3.8) is 0 Å². The van der Waals surface area contributed by atoms with Crippen LogP contribution < -0.4 is 10.6 Å². The Morgan fingerprint density at radius 2 is 1.88 bits per heavy atom. The van der Waals surface area contributed by atoms with Gasteiger partial charge in [-0.3, -0.25) is 0 Å². The summed E-state index contributed by atoms with van der Waals surface area (Å²) in [6.45, 7) is 3.65. The molecule has 5 nitrogen and oxygen atoms in total. The molecule has 0 aliphatic rings. The fourth-order valence-corrected chi connectivity index (χ4v) is 1.30. The van der Waals surface area contributed by atoms with Crippen molar-refractivity contribution in [2.75, 3.05) is 5.32 Å². The number of hydrogen-bond acceptors (Lipinski definition) is 2. The number of carbonyl (C=O) groups excluding carboxylic acids is 1. The molecule has 0 bridgehead atoms. The van der Waals surface area contributed by atoms with Crippen LogP contribution in [0.25, 0.3) is 0 Å². The van der Waals surface area contributed by atoms with Crippen molar-refractivity contribution in [3.05, 3.63) is 29.8 Å². The third-order valence-electron chi connectivity index (χ3n) is 2.32. The molecular formula is C12H16N2O3. The minimum atomic E-state index is -1.04. The van der Waals surface area contributed by atoms with Gasteiger partial charge in [0.1, 0.15) is 6.04 Å². The number of amides is 2. The van der Waals surface area contributed by atoms with Crippen LogP contribution in [-0.2, 0) is 4.79 Å². The predicted octanol–water partition coefficient (Wildman–Crippen LogP) is 1.98. The highest BCUT2D eigenvalue weighted by Gasteiger charge is 2.17. The van der Waals surface area contributed by atoms with Gasteiger partial charge in [-0.1, -0.05) is 24.6 Å². The van der Waals surface area contributed by atoms with Crippen LogP contribution in [0.15, 0.2) is 24.3 Å². The van der Waals surface area contributed by atoms with Crippen LogP contribution in [0.4, 0.5) is 10.5 Å². The molecule has 0 fully saturated rings. The zero-order valence-electron chi connectivity index (χ0n) is 9.86. The zero-order valence-corrected chi connectivity index (χ0v) is 9.86. The number of benzene rings is 1. The van der Waals surface area contributed by atoms with E-state index in [1.807, 2.05) is 19.1 Å². The summed E-state index contributed by atoms with van der Waals surface area (Å²) in [6.07, 6.45) is 0.344. The number of nitrogens with one attached hydrogen (secondary N) is 2. The van der Waals surface area contributed by atoms with Gasteiger partial charge in [0, 0.05) is 5.69 Å². The van der Waals surface area contributed by atoms with E-state index < -0.39 is 18.0 Å². The average molecular weight is 236 g/mol. The maximum atomic E-state index is 11.5. The number of aliphatic carboxylic acids is 1. The van der Waals surface area contributed by atoms with E-state index in [2.05, 4.69) is 10.6 Å². The lowest BCUT2D eigenvalue weighted by Gasteiger charge is -2.13. The first-order valence-electron chi connectivity index (χ1n) is 5.40. The first-order chi connectivity index (χ1) is 8.02. The fraction of sp³-hybridized carbons (Fsp3) is 0.333. The first-order valence-corrected chi connectivity index (χ1v) is 5.40. The van der Waals surface area contributed by atoms with E-state index >= 15 is 0 Å². The molecule has 1 rings (SSSR count). The van der Waals surface area contributed by atoms with E-state index in [9.17, 15) is 9.59 Å². The zero-order chi connectivity index (χ0) is 12.8. The largest absolute Gasteiger partial charge is 0.480 e. The summed E-state index contributed by atoms with van der Waals surface area (Å²) in [5.41, 5.74) is 1.72. The Labute approximate surface area is 99.8 Å². The molecule has 0 saturated carbocycles. The van der Waals surface area contributed by atoms with E-state index in [1.165, 1.54) is 0 Å². The van der Waals surface area contributed by atoms with E-state index in [4.69, 9.17) is 5.11 Å². The van der Waals surface area contributed by atoms with Crippen molar-refractivity contribution < 1.29 is 14.7 Å². The van der Waals surface area contributed by atoms with Crippen molar-refractivity contribution in [2.24, 2.45) is 0 Å². The monoisotopic (exact) mass is 236 g/mol. The highest BCUT2D eigenvalue weighted by atomic mass is 16.4. The lowest BCUT2D eigenvalue weighted by atomic mass is 10.2. The smallest absolute Gasteiger partial charge is 0.326 e. The molecule has 0 aliphatic carbocycles. The molecule has 0 heterocycles. The Balaban J connectivity index is 2.54. The average Bonchev–Trinajstić information content (AvgIpc) is 2.28. The van der Waals surface area contributed by atoms with Crippen LogP contribution in [0.5, 0.6) is 0 Å². The third kappa shape index (κ3) is 4.14. The van der Waals surface area contributed by atoms with Gasteiger partial charge < -0.3 is 15.7 Å². The van der Waals surface area contributed by atoms with Crippen LogP contribution in [-0.4, -0.2) is 23.1 Å². The van der Waals surface area contributed by atoms with Crippen LogP contribution >= 0.6 is 0 Å². The van der Waals surface area contributed by atoms with Gasteiger partial charge in [0.05, 0.1) is 0 Å². The molecule has 0 aliphatic heterocycles. The van der Waals surface area contributed by atoms with E-state index in [-0.39, 0.29) is 0 Å². The van der Waals surface area contributed by atoms with Crippen LogP contribution in [0.1, 0.15) is 18.9 Å². The van der Waals surface area contributed by atoms with E-state index in [1.54, 1.807) is 19.1 Å². The quantitative estimate of drug-likeness (QED) is 0.748. The van der Waals surface area contributed by atoms with Gasteiger partial charge >= 0.3 is 12.0 Å². The molecule has 1 aromatic rings. The van der Waals surface area contributed by atoms with Gasteiger partial charge in [-0.2, -0.15) is 0 Å². The molecule has 0 unspecified atom stereocenters. The summed E-state index contributed by atoms with van der Waals surface area (Å²) >= 11 is 0. The molecular weight excluding hydrogens is 220 g/mol. The topological polar surface area (TPSA) is 78.4 Å². The van der Waals surface area contributed by atoms with Gasteiger partial charge in [-0.05, 0) is 25.5 Å². The molecule has 92 valence electrons. The number of rotatable bonds is 4. The maximum absolute atomic E-state index is 11.5. The maximum Gasteiger partial charge on any atom is 0.326 e. The predicted molar refractivity (Wildman–Crippen MR) is 65.0 cm³/mol. The molecule has 17 heavy (non-hydrogen) atoms. The molecule has 0 radical (unpaired) electrons. The van der Waals surface area contributed by atoms with Crippen molar-refractivity contribution in [3.8, 4) is 0 Å². The molecule has 2 amide bonds. The summed E-state index contributed by atoms with van der Waals surface area (Å²) in [5, 5.41) is 13.7. The number of anilines is 1. The van der Waals surface area contributed by atoms with Crippen molar-refractivity contribution >= 4 is 17.7 Å². The minimum Gasteiger partial charge on any atom is -0.480 e. The number of aryl methyl sites for hydroxylation is 1. The first kappa shape index (κ1) is 13.0. The van der Waals surface area contributed by atoms with Gasteiger partial charge in [0.15, 0.2) is 0 Å². The van der Waals surface area contributed by atoms with Crippen molar-refractivity contribution in [1.82, 2.24) is 5.32 Å². The van der Waals surface area contributed by atoms with Gasteiger partial charge in [0.25, 0.3) is 0 Å². The number of urea groups is 1. The Morgan fingerprint density at radius 1 is 1.29 bits per heavy atom. The second-order valence-electron chi connectivity index (χ2n) is 3.76. The molecule has 1 aromatic carbocycles. The SMILES string of the molecule is CC[C@H](NC(=O)Nc1ccc(C)cc1)C(=O)O. The third-order valence-corrected chi connectivity index (χ3v) is 2.32. The van der Waals surface area contributed by atoms with Crippen LogP contribution in [0.3, 0.4) is 0 Å². The molecule has 0 saturated heterocycles. The summed E-state index contributed by atoms with van der Waals surface area (Å²) in [5.74, 6) is -1.04. The van der Waals surface area contributed by atoms with E-state index in [0.717, 1.165) is 5.56 Å². The molecule has 0 aromatic heterocycles. The summed E-state index contributed by atoms with van der Waals surface area (Å²) in [6, 6.07) is 5.88. The van der Waals surface area contributed by atoms with E-state index in [0.29, 0.717) is 12.1 Å². The fourth-order valence-electron chi connectivity index (χ4n) is 1.30. The number of carbonyl (C=O) groups is 2. The second kappa shape index (κ2) is 5.89. The van der Waals surface area contributed by atoms with Crippen LogP contribution in [0.2, 0.25) is 0 Å². The Morgan fingerprint density at radius 3 is 2.35 bits per heavy atom. The highest BCUT2D eigenvalue weighted by molar-refractivity contribution is 5.92. The number of hydrogen-bond donors (Lipinski definition) is 3. The lowest BCUT2D eigenvalue weighted by Crippen LogP contribution is -2.42. The minimum absolute atomic E-state index is 0.344. The van der Waals surface area contributed by atoms with Crippen molar-refractivity contribution in [1.29, 1.82) is 0 Å². The Hall–Kier alpha value is -2.04. The lowest BCUT2D eigenvalue weighted by molar-refractivity contribution is -0.139. The molecule has 0 spiro atoms. The summed E-state index contributed by atoms with van der Waals surface area (Å²) in [7, 11) is 0. The van der Waals surface area contributed by atoms with Crippen LogP contribution in [0, 0.1) is 6.92 Å². The Kier molecular flexibility index (Phi) is 4.51.